The highest BCUT2D eigenvalue weighted by Gasteiger charge is 2.34. The molecule has 9 heteroatoms. The summed E-state index contributed by atoms with van der Waals surface area (Å²) in [5.74, 6) is -2.28. The maximum atomic E-state index is 13.1. The van der Waals surface area contributed by atoms with E-state index in [0.29, 0.717) is 28.7 Å². The van der Waals surface area contributed by atoms with E-state index >= 15 is 0 Å². The average molecular weight is 443 g/mol. The molecule has 0 radical (unpaired) electrons. The number of nitrogens with zero attached hydrogens (tertiary/aromatic N) is 2. The smallest absolute Gasteiger partial charge is 0.338 e. The van der Waals surface area contributed by atoms with Crippen molar-refractivity contribution in [2.45, 2.75) is 0 Å². The first-order valence-electron chi connectivity index (χ1n) is 10.2. The van der Waals surface area contributed by atoms with Crippen molar-refractivity contribution in [3.8, 4) is 0 Å². The van der Waals surface area contributed by atoms with Crippen LogP contribution in [0.4, 0.5) is 10.5 Å². The van der Waals surface area contributed by atoms with Gasteiger partial charge in [0.1, 0.15) is 0 Å². The number of ether oxygens (including phenoxy) is 1. The van der Waals surface area contributed by atoms with Crippen molar-refractivity contribution in [2.75, 3.05) is 24.6 Å². The molecule has 3 aromatic carbocycles. The predicted octanol–water partition coefficient (Wildman–Crippen LogP) is 2.35. The Hall–Kier alpha value is -4.53. The first kappa shape index (κ1) is 20.4. The maximum absolute atomic E-state index is 13.1. The van der Waals surface area contributed by atoms with Gasteiger partial charge in [-0.25, -0.2) is 14.5 Å². The molecule has 0 spiro atoms. The molecule has 1 fully saturated rings. The number of rotatable bonds is 4. The number of benzene rings is 3. The highest BCUT2D eigenvalue weighted by molar-refractivity contribution is 6.35. The number of nitrogens with one attached hydrogen (secondary N) is 1. The van der Waals surface area contributed by atoms with Crippen LogP contribution in [0.3, 0.4) is 0 Å². The van der Waals surface area contributed by atoms with Crippen LogP contribution in [0.15, 0.2) is 60.7 Å². The molecule has 5 rings (SSSR count). The molecule has 33 heavy (non-hydrogen) atoms. The van der Waals surface area contributed by atoms with E-state index in [1.165, 1.54) is 24.3 Å². The summed E-state index contributed by atoms with van der Waals surface area (Å²) in [5, 5.41) is 3.93. The summed E-state index contributed by atoms with van der Waals surface area (Å²) in [6, 6.07) is 15.8. The van der Waals surface area contributed by atoms with Crippen molar-refractivity contribution < 1.29 is 28.7 Å². The maximum Gasteiger partial charge on any atom is 0.338 e. The SMILES string of the molecule is O=C(OCC(=O)N1CCNC1=O)c1ccc(N2C(=O)c3cccc4cccc(c34)C2=O)cc1. The molecule has 164 valence electrons. The number of amides is 5. The lowest BCUT2D eigenvalue weighted by atomic mass is 9.94. The molecule has 2 aliphatic heterocycles. The molecule has 9 nitrogen and oxygen atoms in total. The topological polar surface area (TPSA) is 113 Å². The molecular formula is C24H17N3O6. The van der Waals surface area contributed by atoms with Gasteiger partial charge < -0.3 is 10.1 Å². The predicted molar refractivity (Wildman–Crippen MR) is 117 cm³/mol. The lowest BCUT2D eigenvalue weighted by molar-refractivity contribution is -0.130. The number of hydrogen-bond acceptors (Lipinski definition) is 6. The van der Waals surface area contributed by atoms with Gasteiger partial charge in [-0.3, -0.25) is 19.3 Å². The Kier molecular flexibility index (Phi) is 4.86. The minimum atomic E-state index is -0.763. The van der Waals surface area contributed by atoms with Crippen molar-refractivity contribution in [2.24, 2.45) is 0 Å². The van der Waals surface area contributed by atoms with Crippen LogP contribution in [0.5, 0.6) is 0 Å². The molecule has 0 aliphatic carbocycles. The van der Waals surface area contributed by atoms with Crippen LogP contribution in [0, 0.1) is 0 Å². The highest BCUT2D eigenvalue weighted by Crippen LogP contribution is 2.32. The van der Waals surface area contributed by atoms with Gasteiger partial charge in [-0.05, 0) is 41.8 Å². The summed E-state index contributed by atoms with van der Waals surface area (Å²) in [5.41, 5.74) is 1.29. The van der Waals surface area contributed by atoms with Gasteiger partial charge in [0.15, 0.2) is 6.61 Å². The van der Waals surface area contributed by atoms with E-state index in [1.54, 1.807) is 24.3 Å². The van der Waals surface area contributed by atoms with Crippen LogP contribution >= 0.6 is 0 Å². The van der Waals surface area contributed by atoms with Crippen LogP contribution < -0.4 is 10.2 Å². The van der Waals surface area contributed by atoms with E-state index in [0.717, 1.165) is 15.2 Å². The summed E-state index contributed by atoms with van der Waals surface area (Å²) in [6.07, 6.45) is 0. The zero-order valence-electron chi connectivity index (χ0n) is 17.2. The molecule has 2 aliphatic rings. The molecule has 2 heterocycles. The first-order chi connectivity index (χ1) is 16.0. The molecule has 1 N–H and O–H groups in total. The summed E-state index contributed by atoms with van der Waals surface area (Å²) >= 11 is 0. The van der Waals surface area contributed by atoms with Gasteiger partial charge in [0.25, 0.3) is 17.7 Å². The highest BCUT2D eigenvalue weighted by atomic mass is 16.5. The largest absolute Gasteiger partial charge is 0.452 e. The number of carbonyl (C=O) groups excluding carboxylic acids is 5. The fraction of sp³-hybridized carbons (Fsp3) is 0.125. The molecule has 1 saturated heterocycles. The second kappa shape index (κ2) is 7.86. The van der Waals surface area contributed by atoms with Crippen LogP contribution in [0.1, 0.15) is 31.1 Å². The van der Waals surface area contributed by atoms with E-state index in [2.05, 4.69) is 5.32 Å². The third-order valence-electron chi connectivity index (χ3n) is 5.62. The lowest BCUT2D eigenvalue weighted by Gasteiger charge is -2.27. The van der Waals surface area contributed by atoms with Gasteiger partial charge >= 0.3 is 12.0 Å². The molecule has 0 bridgehead atoms. The minimum Gasteiger partial charge on any atom is -0.452 e. The number of esters is 1. The Morgan fingerprint density at radius 3 is 2.09 bits per heavy atom. The van der Waals surface area contributed by atoms with E-state index < -0.39 is 36.3 Å². The summed E-state index contributed by atoms with van der Waals surface area (Å²) in [4.78, 5) is 64.1. The van der Waals surface area contributed by atoms with Crippen molar-refractivity contribution in [3.05, 3.63) is 77.4 Å². The molecule has 0 saturated carbocycles. The van der Waals surface area contributed by atoms with Crippen LogP contribution in [0.2, 0.25) is 0 Å². The number of imide groups is 2. The number of urea groups is 1. The lowest BCUT2D eigenvalue weighted by Crippen LogP contribution is -2.40. The molecular weight excluding hydrogens is 426 g/mol. The van der Waals surface area contributed by atoms with Gasteiger partial charge in [0, 0.05) is 29.6 Å². The van der Waals surface area contributed by atoms with Crippen LogP contribution in [0.25, 0.3) is 10.8 Å². The van der Waals surface area contributed by atoms with E-state index in [4.69, 9.17) is 4.74 Å². The second-order valence-electron chi connectivity index (χ2n) is 7.56. The first-order valence-corrected chi connectivity index (χ1v) is 10.2. The van der Waals surface area contributed by atoms with Crippen LogP contribution in [-0.4, -0.2) is 54.3 Å². The molecule has 5 amide bonds. The van der Waals surface area contributed by atoms with Crippen molar-refractivity contribution >= 4 is 46.2 Å². The zero-order chi connectivity index (χ0) is 23.1. The normalized spacial score (nSPS) is 15.1. The molecule has 0 atom stereocenters. The van der Waals surface area contributed by atoms with Crippen LogP contribution in [-0.2, 0) is 9.53 Å². The minimum absolute atomic E-state index is 0.136. The fourth-order valence-electron chi connectivity index (χ4n) is 4.01. The quantitative estimate of drug-likeness (QED) is 0.489. The van der Waals surface area contributed by atoms with Gasteiger partial charge in [-0.1, -0.05) is 24.3 Å². The summed E-state index contributed by atoms with van der Waals surface area (Å²) in [6.45, 7) is 0.00342. The Morgan fingerprint density at radius 2 is 1.52 bits per heavy atom. The average Bonchev–Trinajstić information content (AvgIpc) is 3.27. The van der Waals surface area contributed by atoms with Crippen molar-refractivity contribution in [1.82, 2.24) is 10.2 Å². The van der Waals surface area contributed by atoms with Gasteiger partial charge in [-0.15, -0.1) is 0 Å². The standard InChI is InChI=1S/C24H17N3O6/c28-19(26-12-11-25-24(26)32)13-33-23(31)15-7-9-16(10-8-15)27-21(29)17-5-1-3-14-4-2-6-18(20(14)17)22(27)30/h1-10H,11-13H2,(H,25,32). The number of anilines is 1. The third kappa shape index (κ3) is 3.39. The fourth-order valence-corrected chi connectivity index (χ4v) is 4.01. The molecule has 3 aromatic rings. The van der Waals surface area contributed by atoms with E-state index in [1.807, 2.05) is 12.1 Å². The zero-order valence-corrected chi connectivity index (χ0v) is 17.2. The van der Waals surface area contributed by atoms with Crippen molar-refractivity contribution in [3.63, 3.8) is 0 Å². The monoisotopic (exact) mass is 443 g/mol. The summed E-state index contributed by atoms with van der Waals surface area (Å²) < 4.78 is 5.01. The molecule has 0 unspecified atom stereocenters. The molecule has 0 aromatic heterocycles. The van der Waals surface area contributed by atoms with Gasteiger partial charge in [0.2, 0.25) is 0 Å². The summed E-state index contributed by atoms with van der Waals surface area (Å²) in [7, 11) is 0. The van der Waals surface area contributed by atoms with E-state index in [-0.39, 0.29) is 12.1 Å². The van der Waals surface area contributed by atoms with Crippen molar-refractivity contribution in [1.29, 1.82) is 0 Å². The Balaban J connectivity index is 1.34. The number of carbonyl (C=O) groups is 5. The van der Waals surface area contributed by atoms with E-state index in [9.17, 15) is 24.0 Å². The Bertz CT molecular complexity index is 1300. The third-order valence-corrected chi connectivity index (χ3v) is 5.62. The Morgan fingerprint density at radius 1 is 0.879 bits per heavy atom. The van der Waals surface area contributed by atoms with Gasteiger partial charge in [-0.2, -0.15) is 0 Å². The Labute approximate surface area is 187 Å². The second-order valence-corrected chi connectivity index (χ2v) is 7.56. The number of hydrogen-bond donors (Lipinski definition) is 1. The van der Waals surface area contributed by atoms with Gasteiger partial charge in [0.05, 0.1) is 11.3 Å².